The lowest BCUT2D eigenvalue weighted by atomic mass is 10.1. The summed E-state index contributed by atoms with van der Waals surface area (Å²) in [4.78, 5) is 45.1. The number of carbonyl (C=O) groups is 3. The van der Waals surface area contributed by atoms with Crippen LogP contribution in [0.5, 0.6) is 0 Å². The SMILES string of the molecule is O=C(C(=O)N1CCN(c2ccc(F)cc2)CC1)c1cn(CC(=O)N2CCCCCC2)c2ccccc12. The smallest absolute Gasteiger partial charge is 0.295 e. The average Bonchev–Trinajstić information content (AvgIpc) is 3.06. The molecule has 0 saturated carbocycles. The van der Waals surface area contributed by atoms with E-state index in [1.54, 1.807) is 27.8 Å². The highest BCUT2D eigenvalue weighted by molar-refractivity contribution is 6.44. The van der Waals surface area contributed by atoms with Crippen molar-refractivity contribution >= 4 is 34.2 Å². The molecule has 0 spiro atoms. The summed E-state index contributed by atoms with van der Waals surface area (Å²) >= 11 is 0. The van der Waals surface area contributed by atoms with Crippen LogP contribution in [-0.4, -0.2) is 71.2 Å². The van der Waals surface area contributed by atoms with E-state index in [1.165, 1.54) is 12.1 Å². The van der Waals surface area contributed by atoms with Crippen molar-refractivity contribution < 1.29 is 18.8 Å². The van der Waals surface area contributed by atoms with Gasteiger partial charge in [-0.1, -0.05) is 31.0 Å². The van der Waals surface area contributed by atoms with Crippen LogP contribution in [0.1, 0.15) is 36.0 Å². The predicted octanol–water partition coefficient (Wildman–Crippen LogP) is 3.71. The molecule has 0 aliphatic carbocycles. The Morgan fingerprint density at radius 2 is 1.42 bits per heavy atom. The zero-order chi connectivity index (χ0) is 25.1. The van der Waals surface area contributed by atoms with E-state index < -0.39 is 11.7 Å². The number of carbonyl (C=O) groups excluding carboxylic acids is 3. The molecule has 3 aromatic rings. The minimum absolute atomic E-state index is 0.0416. The molecular weight excluding hydrogens is 459 g/mol. The van der Waals surface area contributed by atoms with Gasteiger partial charge < -0.3 is 19.3 Å². The third kappa shape index (κ3) is 4.98. The van der Waals surface area contributed by atoms with Crippen molar-refractivity contribution in [2.45, 2.75) is 32.2 Å². The zero-order valence-corrected chi connectivity index (χ0v) is 20.4. The molecule has 2 saturated heterocycles. The number of rotatable bonds is 5. The van der Waals surface area contributed by atoms with E-state index in [0.717, 1.165) is 50.0 Å². The number of benzene rings is 2. The Balaban J connectivity index is 1.29. The van der Waals surface area contributed by atoms with Crippen LogP contribution in [0.15, 0.2) is 54.7 Å². The van der Waals surface area contributed by atoms with Crippen LogP contribution in [0.2, 0.25) is 0 Å². The summed E-state index contributed by atoms with van der Waals surface area (Å²) in [5, 5.41) is 0.685. The van der Waals surface area contributed by atoms with Gasteiger partial charge in [-0.25, -0.2) is 4.39 Å². The Hall–Kier alpha value is -3.68. The molecule has 1 aromatic heterocycles. The predicted molar refractivity (Wildman–Crippen MR) is 137 cm³/mol. The number of anilines is 1. The van der Waals surface area contributed by atoms with Crippen molar-refractivity contribution in [2.24, 2.45) is 0 Å². The molecule has 3 heterocycles. The first-order valence-electron chi connectivity index (χ1n) is 12.7. The lowest BCUT2D eigenvalue weighted by Crippen LogP contribution is -2.50. The van der Waals surface area contributed by atoms with Crippen molar-refractivity contribution in [1.29, 1.82) is 0 Å². The highest BCUT2D eigenvalue weighted by Gasteiger charge is 2.29. The van der Waals surface area contributed by atoms with Gasteiger partial charge in [-0.05, 0) is 43.2 Å². The molecule has 2 aromatic carbocycles. The van der Waals surface area contributed by atoms with Crippen LogP contribution >= 0.6 is 0 Å². The van der Waals surface area contributed by atoms with E-state index in [0.29, 0.717) is 37.1 Å². The summed E-state index contributed by atoms with van der Waals surface area (Å²) in [5.41, 5.74) is 2.00. The van der Waals surface area contributed by atoms with Crippen molar-refractivity contribution in [2.75, 3.05) is 44.2 Å². The Bertz CT molecular complexity index is 1250. The normalized spacial score (nSPS) is 16.8. The number of amides is 2. The number of para-hydroxylation sites is 1. The number of piperazine rings is 1. The van der Waals surface area contributed by atoms with Gasteiger partial charge in [0.1, 0.15) is 12.4 Å². The highest BCUT2D eigenvalue weighted by Crippen LogP contribution is 2.24. The molecule has 2 fully saturated rings. The van der Waals surface area contributed by atoms with Gasteiger partial charge >= 0.3 is 0 Å². The number of hydrogen-bond donors (Lipinski definition) is 0. The first-order chi connectivity index (χ1) is 17.5. The summed E-state index contributed by atoms with van der Waals surface area (Å²) in [7, 11) is 0. The molecule has 0 bridgehead atoms. The molecule has 2 aliphatic heterocycles. The second kappa shape index (κ2) is 10.5. The number of nitrogens with zero attached hydrogens (tertiary/aromatic N) is 4. The molecule has 188 valence electrons. The van der Waals surface area contributed by atoms with Crippen molar-refractivity contribution in [1.82, 2.24) is 14.4 Å². The Morgan fingerprint density at radius 1 is 0.750 bits per heavy atom. The molecule has 0 radical (unpaired) electrons. The largest absolute Gasteiger partial charge is 0.368 e. The molecule has 5 rings (SSSR count). The molecular formula is C28H31FN4O3. The first kappa shape index (κ1) is 24.0. The lowest BCUT2D eigenvalue weighted by Gasteiger charge is -2.35. The van der Waals surface area contributed by atoms with Crippen LogP contribution in [0.3, 0.4) is 0 Å². The third-order valence-electron chi connectivity index (χ3n) is 7.25. The van der Waals surface area contributed by atoms with Gasteiger partial charge in [-0.2, -0.15) is 0 Å². The van der Waals surface area contributed by atoms with E-state index >= 15 is 0 Å². The third-order valence-corrected chi connectivity index (χ3v) is 7.25. The summed E-state index contributed by atoms with van der Waals surface area (Å²) < 4.78 is 15.0. The minimum Gasteiger partial charge on any atom is -0.368 e. The van der Waals surface area contributed by atoms with E-state index in [4.69, 9.17) is 0 Å². The second-order valence-electron chi connectivity index (χ2n) is 9.57. The Morgan fingerprint density at radius 3 is 2.11 bits per heavy atom. The highest BCUT2D eigenvalue weighted by atomic mass is 19.1. The first-order valence-corrected chi connectivity index (χ1v) is 12.7. The molecule has 0 atom stereocenters. The van der Waals surface area contributed by atoms with Gasteiger partial charge in [0.25, 0.3) is 11.7 Å². The maximum atomic E-state index is 13.3. The maximum Gasteiger partial charge on any atom is 0.295 e. The lowest BCUT2D eigenvalue weighted by molar-refractivity contribution is -0.131. The fourth-order valence-corrected chi connectivity index (χ4v) is 5.20. The van der Waals surface area contributed by atoms with Crippen LogP contribution in [0.25, 0.3) is 10.9 Å². The maximum absolute atomic E-state index is 13.3. The number of Topliss-reactive ketones (excluding diaryl/α,β-unsaturated/α-hetero) is 1. The van der Waals surface area contributed by atoms with E-state index in [-0.39, 0.29) is 18.3 Å². The number of aromatic nitrogens is 1. The number of ketones is 1. The van der Waals surface area contributed by atoms with Gasteiger partial charge in [0.05, 0.1) is 5.56 Å². The molecule has 8 heteroatoms. The van der Waals surface area contributed by atoms with E-state index in [2.05, 4.69) is 4.90 Å². The number of hydrogen-bond acceptors (Lipinski definition) is 4. The van der Waals surface area contributed by atoms with Gasteiger partial charge in [0.15, 0.2) is 0 Å². The van der Waals surface area contributed by atoms with E-state index in [1.807, 2.05) is 29.2 Å². The van der Waals surface area contributed by atoms with E-state index in [9.17, 15) is 18.8 Å². The topological polar surface area (TPSA) is 65.9 Å². The monoisotopic (exact) mass is 490 g/mol. The molecule has 36 heavy (non-hydrogen) atoms. The summed E-state index contributed by atoms with van der Waals surface area (Å²) in [6.45, 7) is 3.65. The van der Waals surface area contributed by atoms with Crippen molar-refractivity contribution in [3.8, 4) is 0 Å². The zero-order valence-electron chi connectivity index (χ0n) is 20.4. The van der Waals surface area contributed by atoms with Crippen LogP contribution < -0.4 is 4.90 Å². The summed E-state index contributed by atoms with van der Waals surface area (Å²) in [5.74, 6) is -1.33. The molecule has 7 nitrogen and oxygen atoms in total. The Labute approximate surface area is 210 Å². The quantitative estimate of drug-likeness (QED) is 0.404. The Kier molecular flexibility index (Phi) is 7.02. The standard InChI is InChI=1S/C28H31FN4O3/c29-21-9-11-22(12-10-21)30-15-17-32(18-16-30)28(36)27(35)24-19-33(25-8-4-3-7-23(24)25)20-26(34)31-13-5-1-2-6-14-31/h3-4,7-12,19H,1-2,5-6,13-18,20H2. The molecule has 2 amide bonds. The van der Waals surface area contributed by atoms with Gasteiger partial charge in [-0.15, -0.1) is 0 Å². The van der Waals surface area contributed by atoms with Gasteiger partial charge in [0.2, 0.25) is 5.91 Å². The van der Waals surface area contributed by atoms with Crippen molar-refractivity contribution in [3.05, 3.63) is 66.1 Å². The second-order valence-corrected chi connectivity index (χ2v) is 9.57. The van der Waals surface area contributed by atoms with Crippen LogP contribution in [0.4, 0.5) is 10.1 Å². The van der Waals surface area contributed by atoms with Gasteiger partial charge in [0, 0.05) is 62.1 Å². The van der Waals surface area contributed by atoms with Gasteiger partial charge in [-0.3, -0.25) is 14.4 Å². The molecule has 2 aliphatic rings. The number of likely N-dealkylation sites (tertiary alicyclic amines) is 1. The fourth-order valence-electron chi connectivity index (χ4n) is 5.20. The summed E-state index contributed by atoms with van der Waals surface area (Å²) in [6.07, 6.45) is 6.00. The molecule has 0 N–H and O–H groups in total. The average molecular weight is 491 g/mol. The summed E-state index contributed by atoms with van der Waals surface area (Å²) in [6, 6.07) is 13.7. The van der Waals surface area contributed by atoms with Crippen LogP contribution in [0, 0.1) is 5.82 Å². The van der Waals surface area contributed by atoms with Crippen molar-refractivity contribution in [3.63, 3.8) is 0 Å². The number of fused-ring (bicyclic) bond motifs is 1. The number of halogens is 1. The minimum atomic E-state index is -0.553. The van der Waals surface area contributed by atoms with Crippen LogP contribution in [-0.2, 0) is 16.1 Å². The fraction of sp³-hybridized carbons (Fsp3) is 0.393. The molecule has 0 unspecified atom stereocenters.